The number of halogens is 12. The van der Waals surface area contributed by atoms with E-state index in [0.29, 0.717) is 77.4 Å². The van der Waals surface area contributed by atoms with E-state index < -0.39 is 122 Å². The monoisotopic (exact) mass is 1510 g/mol. The van der Waals surface area contributed by atoms with Crippen LogP contribution in [0.4, 0.5) is 64.1 Å². The number of alkyl halides is 12. The highest BCUT2D eigenvalue weighted by atomic mass is 32.1. The average Bonchev–Trinajstić information content (AvgIpc) is 0.977. The van der Waals surface area contributed by atoms with Crippen LogP contribution in [0.15, 0.2) is 121 Å². The summed E-state index contributed by atoms with van der Waals surface area (Å²) in [4.78, 5) is 106. The quantitative estimate of drug-likeness (QED) is 0.0203. The van der Waals surface area contributed by atoms with Crippen LogP contribution in [0.5, 0.6) is 23.0 Å². The van der Waals surface area contributed by atoms with Gasteiger partial charge >= 0.3 is 36.6 Å². The number of thiophene rings is 2. The maximum Gasteiger partial charge on any atom is 0.425 e. The van der Waals surface area contributed by atoms with Crippen molar-refractivity contribution in [3.63, 3.8) is 0 Å². The molecule has 4 aliphatic heterocycles. The van der Waals surface area contributed by atoms with Gasteiger partial charge in [0.15, 0.2) is 0 Å². The molecule has 4 atom stereocenters. The maximum absolute atomic E-state index is 14.8. The van der Waals surface area contributed by atoms with Crippen LogP contribution in [-0.2, 0) is 58.2 Å². The summed E-state index contributed by atoms with van der Waals surface area (Å²) in [6, 6.07) is 14.3. The van der Waals surface area contributed by atoms with E-state index in [1.165, 1.54) is 29.7 Å². The largest absolute Gasteiger partial charge is 0.488 e. The Hall–Kier alpha value is -9.67. The second kappa shape index (κ2) is 33.4. The maximum atomic E-state index is 14.8. The molecule has 2 aromatic carbocycles. The number of hydrogen-bond donors (Lipinski definition) is 0. The minimum absolute atomic E-state index is 0.0166. The van der Waals surface area contributed by atoms with Gasteiger partial charge < -0.3 is 62.6 Å². The van der Waals surface area contributed by atoms with Crippen LogP contribution in [0, 0.1) is 0 Å². The molecule has 560 valence electrons. The van der Waals surface area contributed by atoms with Gasteiger partial charge in [0.05, 0.1) is 45.7 Å². The number of carbonyl (C=O) groups excluding carboxylic acids is 7. The number of carbonyl (C=O) groups is 7. The SMILES string of the molecule is C=CC[C@H]1N(C(=O)c2cnccc2C(F)(F)F)CCC[C@@]1(Oc1csc(C(F)(F)F)c1)C(=O)N1CCN(c2ccccc2OCCOC(C)=O)CC1.CC(=O)OCCOc1ccccc1N1CCN(C(=O)[C@]2(Oc3csc(C(F)(F)F)c3)CCCN(C(=O)c3cnccc3C(F)(F)F)[C@@H]2CC=O)CC1. The number of aldehydes is 1. The van der Waals surface area contributed by atoms with Crippen molar-refractivity contribution in [2.75, 3.05) is 102 Å². The van der Waals surface area contributed by atoms with E-state index in [1.807, 2.05) is 21.9 Å². The van der Waals surface area contributed by atoms with E-state index in [4.69, 9.17) is 28.4 Å². The Labute approximate surface area is 595 Å². The van der Waals surface area contributed by atoms with Crippen molar-refractivity contribution in [1.29, 1.82) is 0 Å². The van der Waals surface area contributed by atoms with Gasteiger partial charge in [-0.15, -0.1) is 29.3 Å². The van der Waals surface area contributed by atoms with Gasteiger partial charge in [-0.25, -0.2) is 0 Å². The molecule has 0 spiro atoms. The van der Waals surface area contributed by atoms with Gasteiger partial charge in [-0.3, -0.25) is 38.7 Å². The second-order valence-corrected chi connectivity index (χ2v) is 26.0. The molecule has 0 radical (unpaired) electrons. The number of aromatic nitrogens is 2. The van der Waals surface area contributed by atoms with Gasteiger partial charge in [-0.2, -0.15) is 52.7 Å². The Bertz CT molecular complexity index is 3770. The fourth-order valence-electron chi connectivity index (χ4n) is 13.0. The summed E-state index contributed by atoms with van der Waals surface area (Å²) in [5.74, 6) is -4.05. The van der Waals surface area contributed by atoms with Gasteiger partial charge in [0.1, 0.15) is 65.5 Å². The Morgan fingerprint density at radius 2 is 0.913 bits per heavy atom. The summed E-state index contributed by atoms with van der Waals surface area (Å²) in [7, 11) is 0. The number of esters is 2. The third-order valence-electron chi connectivity index (χ3n) is 17.5. The van der Waals surface area contributed by atoms with Gasteiger partial charge in [0, 0.05) is 146 Å². The first kappa shape index (κ1) is 78.5. The van der Waals surface area contributed by atoms with E-state index in [0.717, 1.165) is 57.1 Å². The lowest BCUT2D eigenvalue weighted by atomic mass is 9.80. The lowest BCUT2D eigenvalue weighted by Gasteiger charge is -2.50. The Balaban J connectivity index is 0.000000241. The standard InChI is InChI=1S/C35H36F6N4O6S.C34H34F6N4O7S/c1-3-7-29-33(51-24-20-30(52-22-24)35(39,40)41,11-6-13-45(29)31(47)25-21-42-12-10-26(25)34(36,37)38)32(48)44-16-14-43(15-17-44)27-8-4-5-9-28(27)50-19-18-49-23(2)46;1-22(46)49-17-18-50-27-6-3-2-5-26(27)42-12-14-43(15-13-42)31(48)32(51-23-19-29(52-21-23)34(38,39)40)9-4-11-44(28(32)8-16-45)30(47)24-20-41-10-7-25(24)33(35,36)37/h3-5,8-10,12,20-22,29H,1,6-7,11,13-19H2,2H3;2-3,5-7,10,16,19-21,28H,4,8-9,11-15,17-18H2,1H3/t29-,33+;28-,32+/m11/s1. The molecule has 21 nitrogen and oxygen atoms in total. The van der Waals surface area contributed by atoms with E-state index in [9.17, 15) is 86.2 Å². The molecular formula is C69H70F12N8O13S2. The summed E-state index contributed by atoms with van der Waals surface area (Å²) in [5, 5.41) is 2.17. The number of nitrogens with zero attached hydrogens (tertiary/aromatic N) is 8. The first-order valence-electron chi connectivity index (χ1n) is 32.5. The van der Waals surface area contributed by atoms with E-state index in [1.54, 1.807) is 36.4 Å². The number of piperidine rings is 2. The van der Waals surface area contributed by atoms with Crippen molar-refractivity contribution in [2.24, 2.45) is 0 Å². The van der Waals surface area contributed by atoms with Crippen LogP contribution in [0.2, 0.25) is 0 Å². The zero-order chi connectivity index (χ0) is 75.4. The summed E-state index contributed by atoms with van der Waals surface area (Å²) >= 11 is 0.690. The van der Waals surface area contributed by atoms with Crippen molar-refractivity contribution in [3.8, 4) is 23.0 Å². The highest BCUT2D eigenvalue weighted by molar-refractivity contribution is 7.10. The minimum Gasteiger partial charge on any atom is -0.488 e. The fourth-order valence-corrected chi connectivity index (χ4v) is 14.3. The van der Waals surface area contributed by atoms with Crippen LogP contribution in [0.1, 0.15) is 94.0 Å². The molecule has 4 aromatic heterocycles. The van der Waals surface area contributed by atoms with Crippen molar-refractivity contribution in [2.45, 2.75) is 100 Å². The van der Waals surface area contributed by atoms with Crippen molar-refractivity contribution in [1.82, 2.24) is 29.6 Å². The summed E-state index contributed by atoms with van der Waals surface area (Å²) in [6.07, 6.45) is -14.9. The molecule has 104 heavy (non-hydrogen) atoms. The molecule has 4 fully saturated rings. The van der Waals surface area contributed by atoms with Crippen LogP contribution < -0.4 is 28.7 Å². The van der Waals surface area contributed by atoms with Crippen LogP contribution >= 0.6 is 22.7 Å². The third-order valence-corrected chi connectivity index (χ3v) is 19.4. The van der Waals surface area contributed by atoms with E-state index in [-0.39, 0.29) is 122 Å². The second-order valence-electron chi connectivity index (χ2n) is 24.1. The molecule has 35 heteroatoms. The Morgan fingerprint density at radius 1 is 0.529 bits per heavy atom. The lowest BCUT2D eigenvalue weighted by molar-refractivity contribution is -0.160. The average molecular weight is 1510 g/mol. The highest BCUT2D eigenvalue weighted by Gasteiger charge is 2.58. The smallest absolute Gasteiger partial charge is 0.425 e. The molecule has 0 aliphatic carbocycles. The normalized spacial score (nSPS) is 19.6. The number of hydrogen-bond acceptors (Lipinski definition) is 19. The zero-order valence-electron chi connectivity index (χ0n) is 55.8. The highest BCUT2D eigenvalue weighted by Crippen LogP contribution is 2.46. The molecule has 0 unspecified atom stereocenters. The minimum atomic E-state index is -4.94. The van der Waals surface area contributed by atoms with Gasteiger partial charge in [0.2, 0.25) is 11.2 Å². The first-order valence-corrected chi connectivity index (χ1v) is 34.2. The van der Waals surface area contributed by atoms with Crippen molar-refractivity contribution < 1.29 is 115 Å². The molecular weight excluding hydrogens is 1440 g/mol. The van der Waals surface area contributed by atoms with Crippen LogP contribution in [-0.4, -0.2) is 187 Å². The zero-order valence-corrected chi connectivity index (χ0v) is 57.4. The number of likely N-dealkylation sites (tertiary alicyclic amines) is 2. The number of rotatable bonds is 22. The van der Waals surface area contributed by atoms with E-state index in [2.05, 4.69) is 16.5 Å². The number of pyridine rings is 2. The molecule has 8 heterocycles. The van der Waals surface area contributed by atoms with Gasteiger partial charge in [-0.1, -0.05) is 30.3 Å². The number of piperazine rings is 2. The molecule has 0 saturated carbocycles. The molecule has 0 bridgehead atoms. The number of amides is 4. The summed E-state index contributed by atoms with van der Waals surface area (Å²) < 4.78 is 199. The number of benzene rings is 2. The number of ether oxygens (including phenoxy) is 6. The van der Waals surface area contributed by atoms with E-state index >= 15 is 0 Å². The number of para-hydroxylation sites is 4. The molecule has 4 aliphatic rings. The number of anilines is 2. The van der Waals surface area contributed by atoms with Crippen molar-refractivity contribution in [3.05, 3.63) is 153 Å². The van der Waals surface area contributed by atoms with Gasteiger partial charge in [0.25, 0.3) is 23.6 Å². The Morgan fingerprint density at radius 3 is 1.26 bits per heavy atom. The molecule has 10 rings (SSSR count). The predicted octanol–water partition coefficient (Wildman–Crippen LogP) is 12.0. The lowest BCUT2D eigenvalue weighted by Crippen LogP contribution is -2.69. The van der Waals surface area contributed by atoms with Crippen LogP contribution in [0.25, 0.3) is 0 Å². The molecule has 0 N–H and O–H groups in total. The fraction of sp³-hybridized carbons (Fsp3) is 0.435. The molecule has 4 amide bonds. The van der Waals surface area contributed by atoms with Crippen molar-refractivity contribution >= 4 is 75.9 Å². The third kappa shape index (κ3) is 18.4. The summed E-state index contributed by atoms with van der Waals surface area (Å²) in [6.45, 7) is 7.92. The summed E-state index contributed by atoms with van der Waals surface area (Å²) in [5.41, 5.74) is -6.75. The molecule has 6 aromatic rings. The Kier molecular flexibility index (Phi) is 25.2. The first-order chi connectivity index (χ1) is 49.3. The van der Waals surface area contributed by atoms with Crippen LogP contribution in [0.3, 0.4) is 0 Å². The molecule has 4 saturated heterocycles. The van der Waals surface area contributed by atoms with Gasteiger partial charge in [-0.05, 0) is 55.7 Å². The topological polar surface area (TPSA) is 220 Å². The predicted molar refractivity (Wildman–Crippen MR) is 352 cm³/mol.